The summed E-state index contributed by atoms with van der Waals surface area (Å²) in [7, 11) is 2.11. The summed E-state index contributed by atoms with van der Waals surface area (Å²) in [6.07, 6.45) is 0.136. The SMILES string of the molecule is CN1CCN(CC(NC(=O)CCNC(=O)c2ccc(F)cc2Cl)c2ccccc2)CC1. The van der Waals surface area contributed by atoms with Gasteiger partial charge in [-0.25, -0.2) is 4.39 Å². The number of benzene rings is 2. The molecule has 0 aliphatic carbocycles. The number of amides is 2. The van der Waals surface area contributed by atoms with Crippen LogP contribution in [0.2, 0.25) is 5.02 Å². The van der Waals surface area contributed by atoms with Crippen molar-refractivity contribution in [3.05, 3.63) is 70.5 Å². The molecule has 0 spiro atoms. The number of nitrogens with one attached hydrogen (secondary N) is 2. The zero-order valence-corrected chi connectivity index (χ0v) is 18.4. The summed E-state index contributed by atoms with van der Waals surface area (Å²) in [4.78, 5) is 29.5. The fraction of sp³-hybridized carbons (Fsp3) is 0.391. The third kappa shape index (κ3) is 7.02. The molecule has 0 aromatic heterocycles. The minimum atomic E-state index is -0.506. The quantitative estimate of drug-likeness (QED) is 0.654. The summed E-state index contributed by atoms with van der Waals surface area (Å²) in [6, 6.07) is 13.4. The van der Waals surface area contributed by atoms with Crippen LogP contribution in [0.1, 0.15) is 28.4 Å². The molecule has 3 rings (SSSR count). The Labute approximate surface area is 187 Å². The van der Waals surface area contributed by atoms with Gasteiger partial charge in [-0.3, -0.25) is 14.5 Å². The first-order valence-corrected chi connectivity index (χ1v) is 10.8. The first-order chi connectivity index (χ1) is 14.9. The monoisotopic (exact) mass is 446 g/mol. The van der Waals surface area contributed by atoms with E-state index in [0.29, 0.717) is 0 Å². The number of nitrogens with zero attached hydrogens (tertiary/aromatic N) is 2. The minimum absolute atomic E-state index is 0.0401. The van der Waals surface area contributed by atoms with Crippen molar-refractivity contribution in [3.63, 3.8) is 0 Å². The Hall–Kier alpha value is -2.48. The highest BCUT2D eigenvalue weighted by atomic mass is 35.5. The lowest BCUT2D eigenvalue weighted by Gasteiger charge is -2.35. The lowest BCUT2D eigenvalue weighted by Crippen LogP contribution is -2.48. The van der Waals surface area contributed by atoms with E-state index in [1.807, 2.05) is 30.3 Å². The molecule has 0 bridgehead atoms. The van der Waals surface area contributed by atoms with Gasteiger partial charge in [0, 0.05) is 45.7 Å². The molecule has 1 heterocycles. The first-order valence-electron chi connectivity index (χ1n) is 10.4. The van der Waals surface area contributed by atoms with Crippen molar-refractivity contribution in [2.24, 2.45) is 0 Å². The van der Waals surface area contributed by atoms with Crippen LogP contribution in [0.3, 0.4) is 0 Å². The van der Waals surface area contributed by atoms with E-state index >= 15 is 0 Å². The summed E-state index contributed by atoms with van der Waals surface area (Å²) >= 11 is 5.92. The molecule has 8 heteroatoms. The fourth-order valence-electron chi connectivity index (χ4n) is 3.53. The minimum Gasteiger partial charge on any atom is -0.351 e. The van der Waals surface area contributed by atoms with E-state index in [2.05, 4.69) is 27.5 Å². The molecule has 0 saturated carbocycles. The van der Waals surface area contributed by atoms with Gasteiger partial charge in [-0.2, -0.15) is 0 Å². The molecule has 1 unspecified atom stereocenters. The van der Waals surface area contributed by atoms with Crippen molar-refractivity contribution >= 4 is 23.4 Å². The molecule has 1 aliphatic heterocycles. The average Bonchev–Trinajstić information content (AvgIpc) is 2.75. The Morgan fingerprint density at radius 1 is 1.10 bits per heavy atom. The third-order valence-electron chi connectivity index (χ3n) is 5.39. The van der Waals surface area contributed by atoms with Crippen LogP contribution in [0, 0.1) is 5.82 Å². The Balaban J connectivity index is 1.53. The molecule has 2 amide bonds. The molecular formula is C23H28ClFN4O2. The van der Waals surface area contributed by atoms with E-state index in [-0.39, 0.29) is 35.5 Å². The van der Waals surface area contributed by atoms with E-state index in [1.54, 1.807) is 0 Å². The van der Waals surface area contributed by atoms with Crippen LogP contribution in [0.15, 0.2) is 48.5 Å². The number of halogens is 2. The maximum atomic E-state index is 13.1. The zero-order chi connectivity index (χ0) is 22.2. The Morgan fingerprint density at radius 2 is 1.81 bits per heavy atom. The van der Waals surface area contributed by atoms with Crippen molar-refractivity contribution < 1.29 is 14.0 Å². The molecule has 0 radical (unpaired) electrons. The van der Waals surface area contributed by atoms with Crippen LogP contribution in [0.25, 0.3) is 0 Å². The summed E-state index contributed by atoms with van der Waals surface area (Å²) in [6.45, 7) is 4.84. The Bertz CT molecular complexity index is 888. The summed E-state index contributed by atoms with van der Waals surface area (Å²) in [5.74, 6) is -1.09. The van der Waals surface area contributed by atoms with Crippen LogP contribution in [0.5, 0.6) is 0 Å². The zero-order valence-electron chi connectivity index (χ0n) is 17.6. The standard InChI is InChI=1S/C23H28ClFN4O2/c1-28-11-13-29(14-12-28)16-21(17-5-3-2-4-6-17)27-22(30)9-10-26-23(31)19-8-7-18(25)15-20(19)24/h2-8,15,21H,9-14,16H2,1H3,(H,26,31)(H,27,30). The van der Waals surface area contributed by atoms with Crippen LogP contribution < -0.4 is 10.6 Å². The van der Waals surface area contributed by atoms with Gasteiger partial charge in [0.25, 0.3) is 5.91 Å². The number of likely N-dealkylation sites (N-methyl/N-ethyl adjacent to an activating group) is 1. The molecular weight excluding hydrogens is 419 g/mol. The van der Waals surface area contributed by atoms with E-state index < -0.39 is 11.7 Å². The molecule has 2 aromatic carbocycles. The Kier molecular flexibility index (Phi) is 8.40. The van der Waals surface area contributed by atoms with Crippen molar-refractivity contribution in [1.29, 1.82) is 0 Å². The number of hydrogen-bond donors (Lipinski definition) is 2. The van der Waals surface area contributed by atoms with Crippen LogP contribution in [0.4, 0.5) is 4.39 Å². The maximum absolute atomic E-state index is 13.1. The second-order valence-electron chi connectivity index (χ2n) is 7.76. The Morgan fingerprint density at radius 3 is 2.48 bits per heavy atom. The normalized spacial score (nSPS) is 16.0. The first kappa shape index (κ1) is 23.2. The van der Waals surface area contributed by atoms with Gasteiger partial charge in [0.15, 0.2) is 0 Å². The average molecular weight is 447 g/mol. The van der Waals surface area contributed by atoms with Crippen LogP contribution in [-0.4, -0.2) is 67.9 Å². The van der Waals surface area contributed by atoms with E-state index in [0.717, 1.165) is 44.4 Å². The highest BCUT2D eigenvalue weighted by Crippen LogP contribution is 2.17. The molecule has 6 nitrogen and oxygen atoms in total. The highest BCUT2D eigenvalue weighted by molar-refractivity contribution is 6.33. The molecule has 1 atom stereocenters. The van der Waals surface area contributed by atoms with Crippen molar-refractivity contribution in [2.45, 2.75) is 12.5 Å². The van der Waals surface area contributed by atoms with E-state index in [4.69, 9.17) is 11.6 Å². The second kappa shape index (κ2) is 11.2. The predicted octanol–water partition coefficient (Wildman–Crippen LogP) is 2.70. The lowest BCUT2D eigenvalue weighted by atomic mass is 10.1. The summed E-state index contributed by atoms with van der Waals surface area (Å²) in [5, 5.41) is 5.81. The van der Waals surface area contributed by atoms with E-state index in [1.165, 1.54) is 12.1 Å². The van der Waals surface area contributed by atoms with Gasteiger partial charge in [0.05, 0.1) is 16.6 Å². The van der Waals surface area contributed by atoms with Gasteiger partial charge in [0.2, 0.25) is 5.91 Å². The van der Waals surface area contributed by atoms with Crippen LogP contribution >= 0.6 is 11.6 Å². The fourth-order valence-corrected chi connectivity index (χ4v) is 3.79. The smallest absolute Gasteiger partial charge is 0.252 e. The summed E-state index contributed by atoms with van der Waals surface area (Å²) < 4.78 is 13.1. The topological polar surface area (TPSA) is 64.7 Å². The van der Waals surface area contributed by atoms with Gasteiger partial charge < -0.3 is 15.5 Å². The molecule has 166 valence electrons. The maximum Gasteiger partial charge on any atom is 0.252 e. The van der Waals surface area contributed by atoms with E-state index in [9.17, 15) is 14.0 Å². The molecule has 1 saturated heterocycles. The molecule has 31 heavy (non-hydrogen) atoms. The van der Waals surface area contributed by atoms with Gasteiger partial charge in [-0.05, 0) is 30.8 Å². The van der Waals surface area contributed by atoms with Gasteiger partial charge in [0.1, 0.15) is 5.82 Å². The lowest BCUT2D eigenvalue weighted by molar-refractivity contribution is -0.121. The molecule has 2 aromatic rings. The largest absolute Gasteiger partial charge is 0.351 e. The molecule has 2 N–H and O–H groups in total. The van der Waals surface area contributed by atoms with Crippen molar-refractivity contribution in [3.8, 4) is 0 Å². The van der Waals surface area contributed by atoms with Gasteiger partial charge >= 0.3 is 0 Å². The number of carbonyl (C=O) groups is 2. The van der Waals surface area contributed by atoms with Gasteiger partial charge in [-0.1, -0.05) is 41.9 Å². The van der Waals surface area contributed by atoms with Crippen molar-refractivity contribution in [1.82, 2.24) is 20.4 Å². The predicted molar refractivity (Wildman–Crippen MR) is 120 cm³/mol. The van der Waals surface area contributed by atoms with Gasteiger partial charge in [-0.15, -0.1) is 0 Å². The summed E-state index contributed by atoms with van der Waals surface area (Å²) in [5.41, 5.74) is 1.23. The van der Waals surface area contributed by atoms with Crippen molar-refractivity contribution in [2.75, 3.05) is 46.3 Å². The second-order valence-corrected chi connectivity index (χ2v) is 8.17. The third-order valence-corrected chi connectivity index (χ3v) is 5.70. The molecule has 1 aliphatic rings. The number of carbonyl (C=O) groups excluding carboxylic acids is 2. The number of piperazine rings is 1. The van der Waals surface area contributed by atoms with Crippen LogP contribution in [-0.2, 0) is 4.79 Å². The number of hydrogen-bond acceptors (Lipinski definition) is 4. The number of rotatable bonds is 8. The highest BCUT2D eigenvalue weighted by Gasteiger charge is 2.21. The molecule has 1 fully saturated rings.